The zero-order valence-corrected chi connectivity index (χ0v) is 24.4. The molecule has 0 saturated carbocycles. The third-order valence-corrected chi connectivity index (χ3v) is 6.01. The summed E-state index contributed by atoms with van der Waals surface area (Å²) in [6, 6.07) is 14.3. The Balaban J connectivity index is 1.57. The van der Waals surface area contributed by atoms with Crippen LogP contribution in [-0.2, 0) is 19.1 Å². The van der Waals surface area contributed by atoms with Crippen molar-refractivity contribution in [2.24, 2.45) is 0 Å². The molecular formula is C33H43NO7. The van der Waals surface area contributed by atoms with Crippen LogP contribution in [0.2, 0.25) is 0 Å². The lowest BCUT2D eigenvalue weighted by molar-refractivity contribution is -0.139. The van der Waals surface area contributed by atoms with Gasteiger partial charge in [0.2, 0.25) is 0 Å². The minimum atomic E-state index is -0.342. The standard InChI is InChI=1S/C33H43NO7/c1-25(2)32(36)40-23-11-7-5-9-21-38-29-17-13-27(14-18-29)31(35)34-28-15-19-30(20-16-28)39-22-10-6-8-12-24-41-33(37)26(3)4/h13-20H,1,3,5-12,21-24H2,2,4H3,(H,34,35). The van der Waals surface area contributed by atoms with Gasteiger partial charge in [-0.3, -0.25) is 4.79 Å². The molecule has 0 spiro atoms. The van der Waals surface area contributed by atoms with Crippen molar-refractivity contribution in [1.29, 1.82) is 0 Å². The fourth-order valence-electron chi connectivity index (χ4n) is 3.61. The van der Waals surface area contributed by atoms with E-state index in [2.05, 4.69) is 18.5 Å². The highest BCUT2D eigenvalue weighted by Gasteiger charge is 2.07. The lowest BCUT2D eigenvalue weighted by Gasteiger charge is -2.10. The van der Waals surface area contributed by atoms with Crippen LogP contribution >= 0.6 is 0 Å². The second-order valence-corrected chi connectivity index (χ2v) is 9.86. The monoisotopic (exact) mass is 565 g/mol. The van der Waals surface area contributed by atoms with Crippen LogP contribution in [0.4, 0.5) is 5.69 Å². The van der Waals surface area contributed by atoms with E-state index in [0.29, 0.717) is 54.6 Å². The first kappa shape index (κ1) is 33.1. The molecule has 0 saturated heterocycles. The summed E-state index contributed by atoms with van der Waals surface area (Å²) >= 11 is 0. The number of unbranched alkanes of at least 4 members (excludes halogenated alkanes) is 6. The van der Waals surface area contributed by atoms with Crippen LogP contribution in [-0.4, -0.2) is 44.3 Å². The number of amides is 1. The SMILES string of the molecule is C=C(C)C(=O)OCCCCCCOc1ccc(NC(=O)c2ccc(OCCCCCCOC(=O)C(=C)C)cc2)cc1. The molecule has 2 aromatic rings. The molecule has 0 unspecified atom stereocenters. The van der Waals surface area contributed by atoms with E-state index >= 15 is 0 Å². The van der Waals surface area contributed by atoms with Crippen LogP contribution in [0.15, 0.2) is 72.8 Å². The molecule has 0 aliphatic rings. The maximum absolute atomic E-state index is 12.6. The first-order valence-corrected chi connectivity index (χ1v) is 14.2. The third kappa shape index (κ3) is 14.2. The fraction of sp³-hybridized carbons (Fsp3) is 0.424. The fourth-order valence-corrected chi connectivity index (χ4v) is 3.61. The van der Waals surface area contributed by atoms with Crippen molar-refractivity contribution < 1.29 is 33.3 Å². The number of anilines is 1. The minimum Gasteiger partial charge on any atom is -0.494 e. The summed E-state index contributed by atoms with van der Waals surface area (Å²) in [5, 5.41) is 2.89. The summed E-state index contributed by atoms with van der Waals surface area (Å²) in [5.74, 6) is 0.571. The molecule has 222 valence electrons. The largest absolute Gasteiger partial charge is 0.494 e. The molecule has 0 radical (unpaired) electrons. The topological polar surface area (TPSA) is 100 Å². The highest BCUT2D eigenvalue weighted by atomic mass is 16.5. The van der Waals surface area contributed by atoms with Crippen LogP contribution in [0, 0.1) is 0 Å². The zero-order chi connectivity index (χ0) is 29.9. The Hall–Kier alpha value is -4.07. The highest BCUT2D eigenvalue weighted by molar-refractivity contribution is 6.04. The smallest absolute Gasteiger partial charge is 0.333 e. The van der Waals surface area contributed by atoms with E-state index < -0.39 is 0 Å². The predicted molar refractivity (Wildman–Crippen MR) is 160 cm³/mol. The van der Waals surface area contributed by atoms with Crippen molar-refractivity contribution in [2.75, 3.05) is 31.7 Å². The van der Waals surface area contributed by atoms with Gasteiger partial charge in [-0.05, 0) is 114 Å². The predicted octanol–water partition coefficient (Wildman–Crippen LogP) is 7.06. The molecule has 0 aromatic heterocycles. The average Bonchev–Trinajstić information content (AvgIpc) is 2.96. The molecule has 0 bridgehead atoms. The van der Waals surface area contributed by atoms with E-state index in [-0.39, 0.29) is 17.8 Å². The quantitative estimate of drug-likeness (QED) is 0.104. The van der Waals surface area contributed by atoms with Gasteiger partial charge in [0, 0.05) is 22.4 Å². The maximum atomic E-state index is 12.6. The van der Waals surface area contributed by atoms with Crippen LogP contribution in [0.5, 0.6) is 11.5 Å². The van der Waals surface area contributed by atoms with Crippen LogP contribution in [0.25, 0.3) is 0 Å². The third-order valence-electron chi connectivity index (χ3n) is 6.01. The van der Waals surface area contributed by atoms with Crippen LogP contribution in [0.1, 0.15) is 75.6 Å². The molecule has 0 atom stereocenters. The van der Waals surface area contributed by atoms with E-state index in [1.165, 1.54) is 0 Å². The molecule has 1 amide bonds. The van der Waals surface area contributed by atoms with E-state index in [1.54, 1.807) is 38.1 Å². The number of carbonyl (C=O) groups excluding carboxylic acids is 3. The van der Waals surface area contributed by atoms with Crippen molar-refractivity contribution in [3.63, 3.8) is 0 Å². The van der Waals surface area contributed by atoms with Gasteiger partial charge < -0.3 is 24.3 Å². The van der Waals surface area contributed by atoms with E-state index in [0.717, 1.165) is 57.1 Å². The van der Waals surface area contributed by atoms with Crippen LogP contribution < -0.4 is 14.8 Å². The maximum Gasteiger partial charge on any atom is 0.333 e. The van der Waals surface area contributed by atoms with Gasteiger partial charge in [0.15, 0.2) is 0 Å². The van der Waals surface area contributed by atoms with E-state index in [4.69, 9.17) is 18.9 Å². The number of benzene rings is 2. The number of ether oxygens (including phenoxy) is 4. The Bertz CT molecular complexity index is 1120. The Labute approximate surface area is 243 Å². The van der Waals surface area contributed by atoms with Crippen molar-refractivity contribution in [3.8, 4) is 11.5 Å². The molecule has 2 aromatic carbocycles. The number of carbonyl (C=O) groups is 3. The first-order chi connectivity index (χ1) is 19.8. The number of hydrogen-bond acceptors (Lipinski definition) is 7. The molecule has 0 fully saturated rings. The number of esters is 2. The van der Waals surface area contributed by atoms with Crippen molar-refractivity contribution >= 4 is 23.5 Å². The molecule has 41 heavy (non-hydrogen) atoms. The summed E-state index contributed by atoms with van der Waals surface area (Å²) in [7, 11) is 0. The Kier molecular flexibility index (Phi) is 15.4. The minimum absolute atomic E-state index is 0.202. The van der Waals surface area contributed by atoms with Crippen molar-refractivity contribution in [2.45, 2.75) is 65.2 Å². The molecule has 8 nitrogen and oxygen atoms in total. The molecule has 0 aliphatic carbocycles. The van der Waals surface area contributed by atoms with Gasteiger partial charge in [0.05, 0.1) is 26.4 Å². The van der Waals surface area contributed by atoms with Gasteiger partial charge in [-0.1, -0.05) is 13.2 Å². The van der Waals surface area contributed by atoms with E-state index in [9.17, 15) is 14.4 Å². The van der Waals surface area contributed by atoms with Crippen molar-refractivity contribution in [3.05, 3.63) is 78.4 Å². The van der Waals surface area contributed by atoms with Gasteiger partial charge in [-0.15, -0.1) is 0 Å². The first-order valence-electron chi connectivity index (χ1n) is 14.2. The lowest BCUT2D eigenvalue weighted by Crippen LogP contribution is -2.11. The second kappa shape index (κ2) is 19.1. The molecular weight excluding hydrogens is 522 g/mol. The Morgan fingerprint density at radius 3 is 1.39 bits per heavy atom. The van der Waals surface area contributed by atoms with Gasteiger partial charge in [-0.25, -0.2) is 9.59 Å². The molecule has 0 aliphatic heterocycles. The molecule has 1 N–H and O–H groups in total. The lowest BCUT2D eigenvalue weighted by atomic mass is 10.2. The zero-order valence-electron chi connectivity index (χ0n) is 24.4. The molecule has 8 heteroatoms. The highest BCUT2D eigenvalue weighted by Crippen LogP contribution is 2.18. The number of rotatable bonds is 20. The van der Waals surface area contributed by atoms with Gasteiger partial charge in [0.1, 0.15) is 11.5 Å². The summed E-state index contributed by atoms with van der Waals surface area (Å²) < 4.78 is 21.7. The summed E-state index contributed by atoms with van der Waals surface area (Å²) in [6.45, 7) is 12.4. The molecule has 2 rings (SSSR count). The number of nitrogens with one attached hydrogen (secondary N) is 1. The summed E-state index contributed by atoms with van der Waals surface area (Å²) in [4.78, 5) is 35.2. The Morgan fingerprint density at radius 2 is 0.976 bits per heavy atom. The van der Waals surface area contributed by atoms with Crippen molar-refractivity contribution in [1.82, 2.24) is 0 Å². The molecule has 0 heterocycles. The van der Waals surface area contributed by atoms with Gasteiger partial charge in [0.25, 0.3) is 5.91 Å². The normalized spacial score (nSPS) is 10.4. The summed E-state index contributed by atoms with van der Waals surface area (Å²) in [6.07, 6.45) is 7.32. The van der Waals surface area contributed by atoms with E-state index in [1.807, 2.05) is 24.3 Å². The van der Waals surface area contributed by atoms with Gasteiger partial charge in [-0.2, -0.15) is 0 Å². The van der Waals surface area contributed by atoms with Crippen LogP contribution in [0.3, 0.4) is 0 Å². The van der Waals surface area contributed by atoms with Gasteiger partial charge >= 0.3 is 11.9 Å². The summed E-state index contributed by atoms with van der Waals surface area (Å²) in [5.41, 5.74) is 2.05. The Morgan fingerprint density at radius 1 is 0.585 bits per heavy atom. The average molecular weight is 566 g/mol. The number of hydrogen-bond donors (Lipinski definition) is 1. The second-order valence-electron chi connectivity index (χ2n) is 9.86.